The normalized spacial score (nSPS) is 15.7. The van der Waals surface area contributed by atoms with Gasteiger partial charge in [-0.05, 0) is 60.7 Å². The number of hydrogen-bond acceptors (Lipinski definition) is 5. The van der Waals surface area contributed by atoms with Gasteiger partial charge in [0, 0.05) is 15.1 Å². The van der Waals surface area contributed by atoms with Crippen molar-refractivity contribution in [3.05, 3.63) is 91.8 Å². The molecule has 4 rings (SSSR count). The quantitative estimate of drug-likeness (QED) is 0.344. The number of methoxy groups -OCH3 is 1. The number of halogens is 2. The Hall–Kier alpha value is -2.74. The maximum absolute atomic E-state index is 12.5. The number of amidine groups is 1. The Morgan fingerprint density at radius 3 is 2.61 bits per heavy atom. The highest BCUT2D eigenvalue weighted by Gasteiger charge is 2.24. The van der Waals surface area contributed by atoms with E-state index in [1.807, 2.05) is 67.6 Å². The minimum absolute atomic E-state index is 0.198. The molecular weight excluding hydrogens is 524 g/mol. The number of hydrogen-bond donors (Lipinski definition) is 1. The van der Waals surface area contributed by atoms with E-state index in [0.29, 0.717) is 33.2 Å². The minimum Gasteiger partial charge on any atom is -0.493 e. The summed E-state index contributed by atoms with van der Waals surface area (Å²) < 4.78 is 12.2. The first-order valence-corrected chi connectivity index (χ1v) is 12.0. The molecule has 0 atom stereocenters. The smallest absolute Gasteiger partial charge is 0.264 e. The molecule has 1 N–H and O–H groups in total. The van der Waals surface area contributed by atoms with Gasteiger partial charge in [0.05, 0.1) is 17.7 Å². The Balaban J connectivity index is 1.54. The van der Waals surface area contributed by atoms with Crippen molar-refractivity contribution in [1.29, 1.82) is 0 Å². The first-order valence-electron chi connectivity index (χ1n) is 10.0. The number of carbonyl (C=O) groups is 1. The van der Waals surface area contributed by atoms with Crippen molar-refractivity contribution in [3.63, 3.8) is 0 Å². The maximum Gasteiger partial charge on any atom is 0.264 e. The molecule has 0 saturated carbocycles. The second-order valence-electron chi connectivity index (χ2n) is 7.22. The highest BCUT2D eigenvalue weighted by atomic mass is 79.9. The highest BCUT2D eigenvalue weighted by Crippen LogP contribution is 2.37. The van der Waals surface area contributed by atoms with Crippen LogP contribution in [-0.2, 0) is 11.4 Å². The first kappa shape index (κ1) is 23.4. The molecule has 0 radical (unpaired) electrons. The van der Waals surface area contributed by atoms with Crippen molar-refractivity contribution < 1.29 is 14.3 Å². The van der Waals surface area contributed by atoms with Gasteiger partial charge in [0.25, 0.3) is 5.91 Å². The van der Waals surface area contributed by atoms with Crippen molar-refractivity contribution in [2.75, 3.05) is 7.11 Å². The fourth-order valence-corrected chi connectivity index (χ4v) is 4.52. The topological polar surface area (TPSA) is 59.9 Å². The van der Waals surface area contributed by atoms with E-state index in [4.69, 9.17) is 21.1 Å². The molecule has 8 heteroatoms. The summed E-state index contributed by atoms with van der Waals surface area (Å²) in [5, 5.41) is 4.00. The summed E-state index contributed by atoms with van der Waals surface area (Å²) in [4.78, 5) is 17.5. The van der Waals surface area contributed by atoms with Crippen molar-refractivity contribution in [1.82, 2.24) is 5.32 Å². The molecule has 1 aliphatic rings. The Morgan fingerprint density at radius 1 is 1.12 bits per heavy atom. The predicted octanol–water partition coefficient (Wildman–Crippen LogP) is 6.89. The van der Waals surface area contributed by atoms with Crippen molar-refractivity contribution >= 4 is 62.1 Å². The third kappa shape index (κ3) is 5.79. The number of thioether (sulfide) groups is 1. The van der Waals surface area contributed by atoms with Crippen LogP contribution in [0.3, 0.4) is 0 Å². The third-order valence-corrected chi connectivity index (χ3v) is 6.79. The van der Waals surface area contributed by atoms with Gasteiger partial charge < -0.3 is 14.8 Å². The maximum atomic E-state index is 12.5. The van der Waals surface area contributed by atoms with Crippen LogP contribution in [0.25, 0.3) is 6.08 Å². The third-order valence-electron chi connectivity index (χ3n) is 4.83. The van der Waals surface area contributed by atoms with Crippen molar-refractivity contribution in [2.45, 2.75) is 13.5 Å². The summed E-state index contributed by atoms with van der Waals surface area (Å²) in [5.41, 5.74) is 3.60. The Labute approximate surface area is 210 Å². The zero-order valence-corrected chi connectivity index (χ0v) is 21.1. The molecule has 1 fully saturated rings. The molecule has 0 aliphatic carbocycles. The second kappa shape index (κ2) is 10.5. The number of aliphatic imine (C=N–C) groups is 1. The molecule has 0 spiro atoms. The number of aryl methyl sites for hydroxylation is 1. The lowest BCUT2D eigenvalue weighted by atomic mass is 10.1. The molecule has 1 amide bonds. The van der Waals surface area contributed by atoms with Crippen LogP contribution in [0, 0.1) is 6.92 Å². The summed E-state index contributed by atoms with van der Waals surface area (Å²) in [6.45, 7) is 2.32. The Morgan fingerprint density at radius 2 is 1.88 bits per heavy atom. The molecule has 1 saturated heterocycles. The molecular formula is C25H20BrClN2O3S. The Kier molecular flexibility index (Phi) is 7.42. The number of ether oxygens (including phenoxy) is 2. The molecule has 0 unspecified atom stereocenters. The van der Waals surface area contributed by atoms with Crippen LogP contribution in [0.15, 0.2) is 75.0 Å². The van der Waals surface area contributed by atoms with Crippen LogP contribution in [0.5, 0.6) is 11.5 Å². The number of benzene rings is 3. The second-order valence-corrected chi connectivity index (χ2v) is 9.51. The molecule has 1 heterocycles. The van der Waals surface area contributed by atoms with Gasteiger partial charge in [-0.15, -0.1) is 0 Å². The van der Waals surface area contributed by atoms with E-state index in [-0.39, 0.29) is 5.91 Å². The zero-order valence-electron chi connectivity index (χ0n) is 17.9. The lowest BCUT2D eigenvalue weighted by molar-refractivity contribution is -0.115. The molecule has 3 aromatic carbocycles. The molecule has 5 nitrogen and oxygen atoms in total. The highest BCUT2D eigenvalue weighted by molar-refractivity contribution is 9.10. The summed E-state index contributed by atoms with van der Waals surface area (Å²) in [5.74, 6) is 0.918. The average molecular weight is 544 g/mol. The lowest BCUT2D eigenvalue weighted by Crippen LogP contribution is -2.19. The van der Waals surface area contributed by atoms with Gasteiger partial charge in [-0.2, -0.15) is 0 Å². The van der Waals surface area contributed by atoms with Crippen LogP contribution >= 0.6 is 39.3 Å². The molecule has 1 aliphatic heterocycles. The van der Waals surface area contributed by atoms with E-state index >= 15 is 0 Å². The SMILES string of the molecule is COc1cc(/C=C2/SC(=Nc3ccc(C)cc3)NC2=O)c(Br)cc1OCc1ccccc1Cl. The van der Waals surface area contributed by atoms with Crippen LogP contribution in [0.2, 0.25) is 5.02 Å². The minimum atomic E-state index is -0.198. The monoisotopic (exact) mass is 542 g/mol. The van der Waals surface area contributed by atoms with Crippen molar-refractivity contribution in [3.8, 4) is 11.5 Å². The van der Waals surface area contributed by atoms with E-state index in [1.54, 1.807) is 13.2 Å². The van der Waals surface area contributed by atoms with Crippen LogP contribution in [-0.4, -0.2) is 18.2 Å². The van der Waals surface area contributed by atoms with E-state index < -0.39 is 0 Å². The summed E-state index contributed by atoms with van der Waals surface area (Å²) in [6.07, 6.45) is 1.79. The molecule has 33 heavy (non-hydrogen) atoms. The van der Waals surface area contributed by atoms with Crippen LogP contribution in [0.1, 0.15) is 16.7 Å². The van der Waals surface area contributed by atoms with E-state index in [0.717, 1.165) is 26.9 Å². The van der Waals surface area contributed by atoms with Gasteiger partial charge in [-0.3, -0.25) is 4.79 Å². The first-order chi connectivity index (χ1) is 15.9. The number of nitrogens with zero attached hydrogens (tertiary/aromatic N) is 1. The molecule has 0 aromatic heterocycles. The van der Waals surface area contributed by atoms with E-state index in [2.05, 4.69) is 26.2 Å². The molecule has 0 bridgehead atoms. The lowest BCUT2D eigenvalue weighted by Gasteiger charge is -2.13. The van der Waals surface area contributed by atoms with Crippen molar-refractivity contribution in [2.24, 2.45) is 4.99 Å². The van der Waals surface area contributed by atoms with E-state index in [9.17, 15) is 4.79 Å². The standard InChI is InChI=1S/C25H20BrClN2O3S/c1-15-7-9-18(10-8-15)28-25-29-24(30)23(33-25)12-17-11-21(31-2)22(13-19(17)26)32-14-16-5-3-4-6-20(16)27/h3-13H,14H2,1-2H3,(H,28,29,30)/b23-12+. The number of amides is 1. The molecule has 168 valence electrons. The fourth-order valence-electron chi connectivity index (χ4n) is 3.06. The van der Waals surface area contributed by atoms with Gasteiger partial charge in [-0.1, -0.05) is 63.4 Å². The van der Waals surface area contributed by atoms with E-state index in [1.165, 1.54) is 11.8 Å². The number of rotatable bonds is 6. The van der Waals surface area contributed by atoms with Gasteiger partial charge in [0.1, 0.15) is 6.61 Å². The zero-order chi connectivity index (χ0) is 23.4. The molecule has 3 aromatic rings. The predicted molar refractivity (Wildman–Crippen MR) is 138 cm³/mol. The number of nitrogens with one attached hydrogen (secondary N) is 1. The van der Waals surface area contributed by atoms with Crippen LogP contribution in [0.4, 0.5) is 5.69 Å². The van der Waals surface area contributed by atoms with Gasteiger partial charge in [-0.25, -0.2) is 4.99 Å². The summed E-state index contributed by atoms with van der Waals surface area (Å²) >= 11 is 11.1. The van der Waals surface area contributed by atoms with Crippen LogP contribution < -0.4 is 14.8 Å². The van der Waals surface area contributed by atoms with Gasteiger partial charge >= 0.3 is 0 Å². The van der Waals surface area contributed by atoms with Gasteiger partial charge in [0.2, 0.25) is 0 Å². The summed E-state index contributed by atoms with van der Waals surface area (Å²) in [6, 6.07) is 19.0. The largest absolute Gasteiger partial charge is 0.493 e. The van der Waals surface area contributed by atoms with Gasteiger partial charge in [0.15, 0.2) is 16.7 Å². The Bertz CT molecular complexity index is 1260. The summed E-state index contributed by atoms with van der Waals surface area (Å²) in [7, 11) is 1.58. The average Bonchev–Trinajstić information content (AvgIpc) is 3.14. The fraction of sp³-hybridized carbons (Fsp3) is 0.120. The number of carbonyl (C=O) groups excluding carboxylic acids is 1.